The van der Waals surface area contributed by atoms with Crippen molar-refractivity contribution in [3.63, 3.8) is 0 Å². The largest absolute Gasteiger partial charge is 0.424 e. The quantitative estimate of drug-likeness (QED) is 0.504. The summed E-state index contributed by atoms with van der Waals surface area (Å²) in [6.07, 6.45) is -12.3. The molecule has 2 N–H and O–H groups in total. The van der Waals surface area contributed by atoms with Crippen molar-refractivity contribution in [2.45, 2.75) is 18.8 Å². The minimum absolute atomic E-state index is 0.827. The average molecular weight is 262 g/mol. The normalized spacial score (nSPS) is 17.6. The van der Waals surface area contributed by atoms with Gasteiger partial charge in [-0.05, 0) is 0 Å². The molecule has 17 heavy (non-hydrogen) atoms. The predicted octanol–water partition coefficient (Wildman–Crippen LogP) is 0.959. The topological polar surface area (TPSA) is 58.2 Å². The maximum atomic E-state index is 12.2. The fourth-order valence-corrected chi connectivity index (χ4v) is 1.11. The highest BCUT2D eigenvalue weighted by Gasteiger charge is 2.54. The molecule has 1 heterocycles. The predicted molar refractivity (Wildman–Crippen MR) is 40.0 cm³/mol. The Balaban J connectivity index is 3.29. The molecule has 0 unspecified atom stereocenters. The van der Waals surface area contributed by atoms with E-state index >= 15 is 0 Å². The second-order valence-electron chi connectivity index (χ2n) is 3.02. The summed E-state index contributed by atoms with van der Waals surface area (Å²) in [5, 5.41) is 2.66. The molecule has 2 amide bonds. The number of carbonyl (C=O) groups excluding carboxylic acids is 2. The number of hydrogen-bond acceptors (Lipinski definition) is 2. The van der Waals surface area contributed by atoms with Crippen molar-refractivity contribution >= 4 is 11.8 Å². The molecule has 1 saturated heterocycles. The molecule has 0 spiro atoms. The fourth-order valence-electron chi connectivity index (χ4n) is 1.11. The van der Waals surface area contributed by atoms with E-state index in [4.69, 9.17) is 0 Å². The summed E-state index contributed by atoms with van der Waals surface area (Å²) >= 11 is 0. The Hall–Kier alpha value is -1.74. The molecule has 4 nitrogen and oxygen atoms in total. The van der Waals surface area contributed by atoms with Gasteiger partial charge in [0.25, 0.3) is 0 Å². The summed E-state index contributed by atoms with van der Waals surface area (Å²) in [6.45, 7) is 0. The molecule has 0 aromatic rings. The maximum Gasteiger partial charge on any atom is 0.424 e. The van der Waals surface area contributed by atoms with Crippen LogP contribution in [0.3, 0.4) is 0 Å². The molecule has 0 bridgehead atoms. The third-order valence-electron chi connectivity index (χ3n) is 1.67. The van der Waals surface area contributed by atoms with Gasteiger partial charge in [-0.2, -0.15) is 26.3 Å². The standard InChI is InChI=1S/C7H4F6N2O2/c8-6(9,10)4(7(11,12)13)5-14-2(16)1-3(17)15-5/h1H2,(H,14,16)(H,15,17). The van der Waals surface area contributed by atoms with Gasteiger partial charge in [0.15, 0.2) is 5.57 Å². The van der Waals surface area contributed by atoms with Gasteiger partial charge in [0.1, 0.15) is 12.2 Å². The lowest BCUT2D eigenvalue weighted by Crippen LogP contribution is -2.47. The highest BCUT2D eigenvalue weighted by molar-refractivity contribution is 6.01. The van der Waals surface area contributed by atoms with Crippen LogP contribution in [0.15, 0.2) is 11.4 Å². The SMILES string of the molecule is O=C1CC(=O)NC(=C(C(F)(F)F)C(F)(F)F)N1. The second-order valence-corrected chi connectivity index (χ2v) is 3.02. The van der Waals surface area contributed by atoms with E-state index in [1.807, 2.05) is 0 Å². The summed E-state index contributed by atoms with van der Waals surface area (Å²) in [5.41, 5.74) is -2.95. The lowest BCUT2D eigenvalue weighted by atomic mass is 10.2. The van der Waals surface area contributed by atoms with Gasteiger partial charge in [0.05, 0.1) is 0 Å². The van der Waals surface area contributed by atoms with Gasteiger partial charge < -0.3 is 10.6 Å². The van der Waals surface area contributed by atoms with Crippen LogP contribution in [0.5, 0.6) is 0 Å². The zero-order valence-electron chi connectivity index (χ0n) is 7.79. The van der Waals surface area contributed by atoms with Crippen molar-refractivity contribution in [1.82, 2.24) is 10.6 Å². The highest BCUT2D eigenvalue weighted by Crippen LogP contribution is 2.39. The van der Waals surface area contributed by atoms with E-state index < -0.39 is 42.0 Å². The summed E-state index contributed by atoms with van der Waals surface area (Å²) in [7, 11) is 0. The van der Waals surface area contributed by atoms with Gasteiger partial charge in [-0.1, -0.05) is 0 Å². The lowest BCUT2D eigenvalue weighted by Gasteiger charge is -2.23. The first kappa shape index (κ1) is 13.3. The van der Waals surface area contributed by atoms with Crippen LogP contribution < -0.4 is 10.6 Å². The van der Waals surface area contributed by atoms with E-state index in [9.17, 15) is 35.9 Å². The Morgan fingerprint density at radius 1 is 0.882 bits per heavy atom. The Morgan fingerprint density at radius 3 is 1.53 bits per heavy atom. The Bertz CT molecular complexity index is 360. The number of nitrogens with one attached hydrogen (secondary N) is 2. The van der Waals surface area contributed by atoms with Gasteiger partial charge >= 0.3 is 12.4 Å². The van der Waals surface area contributed by atoms with Crippen molar-refractivity contribution in [1.29, 1.82) is 0 Å². The molecule has 0 aliphatic carbocycles. The van der Waals surface area contributed by atoms with Crippen molar-refractivity contribution < 1.29 is 35.9 Å². The minimum Gasteiger partial charge on any atom is -0.311 e. The lowest BCUT2D eigenvalue weighted by molar-refractivity contribution is -0.174. The number of rotatable bonds is 0. The average Bonchev–Trinajstić information content (AvgIpc) is 1.93. The van der Waals surface area contributed by atoms with Crippen molar-refractivity contribution in [2.75, 3.05) is 0 Å². The number of hydrogen-bond donors (Lipinski definition) is 2. The third kappa shape index (κ3) is 3.11. The molecule has 1 fully saturated rings. The molecule has 10 heteroatoms. The molecular formula is C7H4F6N2O2. The summed E-state index contributed by atoms with van der Waals surface area (Å²) in [6, 6.07) is 0. The summed E-state index contributed by atoms with van der Waals surface area (Å²) < 4.78 is 73.0. The Labute approximate surface area is 89.6 Å². The van der Waals surface area contributed by atoms with E-state index in [2.05, 4.69) is 0 Å². The smallest absolute Gasteiger partial charge is 0.311 e. The molecule has 1 aliphatic heterocycles. The van der Waals surface area contributed by atoms with Crippen molar-refractivity contribution in [3.05, 3.63) is 11.4 Å². The maximum absolute atomic E-state index is 12.2. The third-order valence-corrected chi connectivity index (χ3v) is 1.67. The number of allylic oxidation sites excluding steroid dienone is 1. The zero-order chi connectivity index (χ0) is 13.4. The minimum atomic E-state index is -5.74. The van der Waals surface area contributed by atoms with Crippen LogP contribution in [0.2, 0.25) is 0 Å². The number of amides is 2. The first-order valence-electron chi connectivity index (χ1n) is 4.00. The van der Waals surface area contributed by atoms with Gasteiger partial charge in [-0.25, -0.2) is 0 Å². The van der Waals surface area contributed by atoms with Crippen LogP contribution in [0.1, 0.15) is 6.42 Å². The first-order valence-corrected chi connectivity index (χ1v) is 4.00. The molecule has 1 rings (SSSR count). The molecule has 0 aromatic heterocycles. The van der Waals surface area contributed by atoms with Crippen LogP contribution >= 0.6 is 0 Å². The van der Waals surface area contributed by atoms with Gasteiger partial charge in [0.2, 0.25) is 11.8 Å². The van der Waals surface area contributed by atoms with E-state index in [0.717, 1.165) is 0 Å². The number of alkyl halides is 6. The van der Waals surface area contributed by atoms with E-state index in [1.165, 1.54) is 10.6 Å². The Morgan fingerprint density at radius 2 is 1.24 bits per heavy atom. The molecule has 0 saturated carbocycles. The molecule has 0 radical (unpaired) electrons. The van der Waals surface area contributed by atoms with Crippen LogP contribution in [0, 0.1) is 0 Å². The fraction of sp³-hybridized carbons (Fsp3) is 0.429. The number of halogens is 6. The van der Waals surface area contributed by atoms with Crippen LogP contribution in [0.4, 0.5) is 26.3 Å². The molecule has 1 aliphatic rings. The summed E-state index contributed by atoms with van der Waals surface area (Å²) in [5.74, 6) is -4.17. The highest BCUT2D eigenvalue weighted by atomic mass is 19.4. The van der Waals surface area contributed by atoms with Crippen LogP contribution in [-0.2, 0) is 9.59 Å². The van der Waals surface area contributed by atoms with Crippen LogP contribution in [0.25, 0.3) is 0 Å². The monoisotopic (exact) mass is 262 g/mol. The molecule has 0 atom stereocenters. The zero-order valence-corrected chi connectivity index (χ0v) is 7.79. The van der Waals surface area contributed by atoms with Crippen molar-refractivity contribution in [2.24, 2.45) is 0 Å². The Kier molecular flexibility index (Phi) is 3.08. The van der Waals surface area contributed by atoms with E-state index in [1.54, 1.807) is 0 Å². The number of carbonyl (C=O) groups is 2. The van der Waals surface area contributed by atoms with E-state index in [0.29, 0.717) is 0 Å². The van der Waals surface area contributed by atoms with Crippen LogP contribution in [-0.4, -0.2) is 24.2 Å². The summed E-state index contributed by atoms with van der Waals surface area (Å²) in [4.78, 5) is 21.4. The molecule has 96 valence electrons. The van der Waals surface area contributed by atoms with Crippen molar-refractivity contribution in [3.8, 4) is 0 Å². The molecular weight excluding hydrogens is 258 g/mol. The second kappa shape index (κ2) is 3.93. The van der Waals surface area contributed by atoms with Gasteiger partial charge in [0, 0.05) is 0 Å². The van der Waals surface area contributed by atoms with E-state index in [-0.39, 0.29) is 0 Å². The van der Waals surface area contributed by atoms with Gasteiger partial charge in [-0.3, -0.25) is 9.59 Å². The van der Waals surface area contributed by atoms with Gasteiger partial charge in [-0.15, -0.1) is 0 Å². The molecule has 0 aromatic carbocycles. The first-order chi connectivity index (χ1) is 7.51.